The summed E-state index contributed by atoms with van der Waals surface area (Å²) in [6, 6.07) is 9.51. The van der Waals surface area contributed by atoms with Crippen LogP contribution in [-0.4, -0.2) is 21.2 Å². The summed E-state index contributed by atoms with van der Waals surface area (Å²) in [7, 11) is 0. The van der Waals surface area contributed by atoms with Crippen molar-refractivity contribution >= 4 is 34.7 Å². The molecule has 44 heavy (non-hydrogen) atoms. The Balaban J connectivity index is 1.50. The van der Waals surface area contributed by atoms with Gasteiger partial charge in [-0.1, -0.05) is 11.6 Å². The van der Waals surface area contributed by atoms with Gasteiger partial charge in [-0.25, -0.2) is 22.5 Å². The number of nitrogens with one attached hydrogen (secondary N) is 2. The number of hydrogen-bond acceptors (Lipinski definition) is 3. The first-order valence-electron chi connectivity index (χ1n) is 12.7. The lowest BCUT2D eigenvalue weighted by Crippen LogP contribution is -2.21. The zero-order valence-electron chi connectivity index (χ0n) is 21.8. The fourth-order valence-electron chi connectivity index (χ4n) is 5.04. The highest BCUT2D eigenvalue weighted by atomic mass is 35.5. The zero-order chi connectivity index (χ0) is 31.5. The van der Waals surface area contributed by atoms with E-state index in [2.05, 4.69) is 15.6 Å². The van der Waals surface area contributed by atoms with Crippen LogP contribution in [0.4, 0.5) is 36.4 Å². The van der Waals surface area contributed by atoms with Crippen molar-refractivity contribution in [2.75, 3.05) is 5.32 Å². The third-order valence-corrected chi connectivity index (χ3v) is 7.36. The number of carbonyl (C=O) groups excluding carboxylic acids is 2. The highest BCUT2D eigenvalue weighted by Gasteiger charge is 2.36. The average molecular weight is 633 g/mol. The van der Waals surface area contributed by atoms with Crippen LogP contribution in [0.1, 0.15) is 55.6 Å². The molecule has 3 heterocycles. The quantitative estimate of drug-likeness (QED) is 0.193. The van der Waals surface area contributed by atoms with Crippen molar-refractivity contribution in [3.63, 3.8) is 0 Å². The van der Waals surface area contributed by atoms with Gasteiger partial charge in [0.1, 0.15) is 23.0 Å². The number of pyridine rings is 1. The maximum absolute atomic E-state index is 14.2. The molecule has 6 rings (SSSR count). The number of fused-ring (bicyclic) bond motifs is 2. The van der Waals surface area contributed by atoms with Crippen molar-refractivity contribution in [2.24, 2.45) is 0 Å². The molecule has 6 nitrogen and oxygen atoms in total. The lowest BCUT2D eigenvalue weighted by atomic mass is 9.93. The second-order valence-electron chi connectivity index (χ2n) is 9.89. The molecule has 14 heteroatoms. The molecule has 1 aliphatic heterocycles. The minimum Gasteiger partial charge on any atom is -0.341 e. The van der Waals surface area contributed by atoms with Crippen LogP contribution in [0, 0.1) is 11.6 Å². The van der Waals surface area contributed by atoms with Gasteiger partial charge >= 0.3 is 6.18 Å². The zero-order valence-corrected chi connectivity index (χ0v) is 22.6. The van der Waals surface area contributed by atoms with E-state index in [0.717, 1.165) is 18.3 Å². The molecule has 0 bridgehead atoms. The number of carbonyl (C=O) groups is 2. The van der Waals surface area contributed by atoms with Crippen LogP contribution in [0.5, 0.6) is 0 Å². The van der Waals surface area contributed by atoms with Gasteiger partial charge in [-0.3, -0.25) is 9.59 Å². The van der Waals surface area contributed by atoms with E-state index >= 15 is 0 Å². The first-order chi connectivity index (χ1) is 20.8. The van der Waals surface area contributed by atoms with E-state index in [9.17, 15) is 40.3 Å². The molecule has 1 atom stereocenters. The molecule has 0 radical (unpaired) electrons. The van der Waals surface area contributed by atoms with Crippen molar-refractivity contribution in [3.8, 4) is 11.1 Å². The first kappa shape index (κ1) is 29.2. The topological polar surface area (TPSA) is 75.5 Å². The number of halogens is 8. The number of nitrogens with zero attached hydrogens (tertiary/aromatic N) is 2. The Morgan fingerprint density at radius 3 is 2.45 bits per heavy atom. The summed E-state index contributed by atoms with van der Waals surface area (Å²) >= 11 is 6.31. The van der Waals surface area contributed by atoms with Gasteiger partial charge in [0, 0.05) is 45.4 Å². The lowest BCUT2D eigenvalue weighted by Gasteiger charge is -2.19. The van der Waals surface area contributed by atoms with Crippen LogP contribution in [0.3, 0.4) is 0 Å². The van der Waals surface area contributed by atoms with Crippen LogP contribution >= 0.6 is 11.6 Å². The highest BCUT2D eigenvalue weighted by molar-refractivity contribution is 6.31. The number of hydrogen-bond donors (Lipinski definition) is 2. The molecular weight excluding hydrogens is 617 g/mol. The molecule has 1 aliphatic rings. The molecule has 2 amide bonds. The SMILES string of the molecule is O=C(Nc1cc(-c2ccc3nc(C(F)F)cn3c2)cc2c1[C@@H](c1cc(F)ccc1Cl)NC2=O)c1cc(F)cc(C(F)(F)F)c1. The van der Waals surface area contributed by atoms with Gasteiger partial charge in [-0.05, 0) is 71.8 Å². The fourth-order valence-corrected chi connectivity index (χ4v) is 5.27. The second kappa shape index (κ2) is 10.7. The predicted molar refractivity (Wildman–Crippen MR) is 146 cm³/mol. The molecule has 3 aromatic carbocycles. The number of benzene rings is 3. The van der Waals surface area contributed by atoms with E-state index in [-0.39, 0.29) is 39.1 Å². The van der Waals surface area contributed by atoms with Gasteiger partial charge in [0.05, 0.1) is 11.6 Å². The molecule has 224 valence electrons. The largest absolute Gasteiger partial charge is 0.416 e. The molecule has 0 unspecified atom stereocenters. The van der Waals surface area contributed by atoms with E-state index in [4.69, 9.17) is 11.6 Å². The molecule has 0 spiro atoms. The standard InChI is InChI=1S/C30H16ClF7N4O2/c31-21-3-2-17(32)10-19(21)26-25-20(29(44)41-26)7-14(13-1-4-24-39-23(27(34)35)12-42(24)11-13)8-22(25)40-28(43)15-5-16(30(36,37)38)9-18(33)6-15/h1-12,26-27H,(H,40,43)(H,41,44)/t26-/m1/s1. The van der Waals surface area contributed by atoms with Crippen LogP contribution in [0.25, 0.3) is 16.8 Å². The van der Waals surface area contributed by atoms with E-state index in [1.807, 2.05) is 0 Å². The van der Waals surface area contributed by atoms with Gasteiger partial charge in [-0.15, -0.1) is 0 Å². The van der Waals surface area contributed by atoms with E-state index in [1.165, 1.54) is 40.9 Å². The molecule has 2 N–H and O–H groups in total. The van der Waals surface area contributed by atoms with Crippen molar-refractivity contribution in [1.29, 1.82) is 0 Å². The normalized spacial score (nSPS) is 14.7. The number of amides is 2. The summed E-state index contributed by atoms with van der Waals surface area (Å²) in [6.45, 7) is 0. The molecule has 0 aliphatic carbocycles. The maximum atomic E-state index is 14.2. The number of anilines is 1. The Kier molecular flexibility index (Phi) is 7.07. The summed E-state index contributed by atoms with van der Waals surface area (Å²) in [6.07, 6.45) is -5.19. The predicted octanol–water partition coefficient (Wildman–Crippen LogP) is 7.97. The average Bonchev–Trinajstić information content (AvgIpc) is 3.54. The van der Waals surface area contributed by atoms with Gasteiger partial charge < -0.3 is 15.0 Å². The Bertz CT molecular complexity index is 1990. The highest BCUT2D eigenvalue weighted by Crippen LogP contribution is 2.42. The smallest absolute Gasteiger partial charge is 0.341 e. The summed E-state index contributed by atoms with van der Waals surface area (Å²) in [5, 5.41) is 5.21. The summed E-state index contributed by atoms with van der Waals surface area (Å²) < 4.78 is 96.1. The van der Waals surface area contributed by atoms with Crippen molar-refractivity contribution in [2.45, 2.75) is 18.6 Å². The van der Waals surface area contributed by atoms with Crippen molar-refractivity contribution in [1.82, 2.24) is 14.7 Å². The Labute approximate surface area is 248 Å². The van der Waals surface area contributed by atoms with Gasteiger partial charge in [-0.2, -0.15) is 13.2 Å². The third-order valence-electron chi connectivity index (χ3n) is 7.02. The first-order valence-corrected chi connectivity index (χ1v) is 13.1. The van der Waals surface area contributed by atoms with Crippen LogP contribution in [0.2, 0.25) is 5.02 Å². The summed E-state index contributed by atoms with van der Waals surface area (Å²) in [4.78, 5) is 30.3. The monoisotopic (exact) mass is 632 g/mol. The van der Waals surface area contributed by atoms with Crippen LogP contribution in [-0.2, 0) is 6.18 Å². The molecule has 2 aromatic heterocycles. The molecule has 0 saturated carbocycles. The number of imidazole rings is 1. The molecular formula is C30H16ClF7N4O2. The van der Waals surface area contributed by atoms with Gasteiger partial charge in [0.25, 0.3) is 18.2 Å². The van der Waals surface area contributed by atoms with Crippen molar-refractivity contribution < 1.29 is 40.3 Å². The minimum atomic E-state index is -4.94. The number of alkyl halides is 5. The number of rotatable bonds is 5. The molecule has 0 saturated heterocycles. The Hall–Kier alpha value is -4.91. The minimum absolute atomic E-state index is 0.0114. The van der Waals surface area contributed by atoms with Gasteiger partial charge in [0.15, 0.2) is 0 Å². The van der Waals surface area contributed by atoms with Crippen LogP contribution < -0.4 is 10.6 Å². The Morgan fingerprint density at radius 1 is 0.955 bits per heavy atom. The van der Waals surface area contributed by atoms with E-state index < -0.39 is 58.9 Å². The number of aromatic nitrogens is 2. The van der Waals surface area contributed by atoms with E-state index in [1.54, 1.807) is 0 Å². The fraction of sp³-hybridized carbons (Fsp3) is 0.100. The van der Waals surface area contributed by atoms with Crippen LogP contribution in [0.15, 0.2) is 73.1 Å². The van der Waals surface area contributed by atoms with E-state index in [0.29, 0.717) is 23.3 Å². The van der Waals surface area contributed by atoms with Crippen molar-refractivity contribution in [3.05, 3.63) is 123 Å². The maximum Gasteiger partial charge on any atom is 0.416 e. The molecule has 0 fully saturated rings. The Morgan fingerprint density at radius 2 is 1.73 bits per heavy atom. The lowest BCUT2D eigenvalue weighted by molar-refractivity contribution is -0.137. The van der Waals surface area contributed by atoms with Gasteiger partial charge in [0.2, 0.25) is 0 Å². The summed E-state index contributed by atoms with van der Waals surface area (Å²) in [5.41, 5.74) is -1.44. The second-order valence-corrected chi connectivity index (χ2v) is 10.3. The summed E-state index contributed by atoms with van der Waals surface area (Å²) in [5.74, 6) is -3.76. The molecule has 5 aromatic rings. The third kappa shape index (κ3) is 5.34.